The molecular weight excluding hydrogens is 324 g/mol. The number of amides is 2. The van der Waals surface area contributed by atoms with E-state index in [2.05, 4.69) is 0 Å². The Kier molecular flexibility index (Phi) is 7.59. The molecule has 132 valence electrons. The molecule has 2 rings (SSSR count). The molecule has 0 radical (unpaired) electrons. The van der Waals surface area contributed by atoms with E-state index in [1.165, 1.54) is 11.8 Å². The van der Waals surface area contributed by atoms with Gasteiger partial charge >= 0.3 is 0 Å². The Morgan fingerprint density at radius 2 is 1.83 bits per heavy atom. The van der Waals surface area contributed by atoms with Crippen molar-refractivity contribution in [1.82, 2.24) is 9.80 Å². The Balaban J connectivity index is 1.79. The molecule has 1 aliphatic rings. The van der Waals surface area contributed by atoms with Gasteiger partial charge in [-0.2, -0.15) is 0 Å². The normalized spacial score (nSPS) is 14.7. The molecule has 1 aromatic rings. The zero-order valence-electron chi connectivity index (χ0n) is 14.4. The molecule has 6 heteroatoms. The SMILES string of the molecule is CC(C)N(Cc1ccccc1)C(=O)CSCC(=O)N1CCOCC1. The van der Waals surface area contributed by atoms with E-state index in [-0.39, 0.29) is 17.9 Å². The molecule has 0 N–H and O–H groups in total. The lowest BCUT2D eigenvalue weighted by molar-refractivity contribution is -0.132. The summed E-state index contributed by atoms with van der Waals surface area (Å²) in [6.45, 7) is 7.16. The summed E-state index contributed by atoms with van der Waals surface area (Å²) in [5.41, 5.74) is 1.12. The van der Waals surface area contributed by atoms with Crippen molar-refractivity contribution in [3.05, 3.63) is 35.9 Å². The van der Waals surface area contributed by atoms with Crippen LogP contribution in [0.15, 0.2) is 30.3 Å². The first-order chi connectivity index (χ1) is 11.6. The molecule has 0 saturated carbocycles. The van der Waals surface area contributed by atoms with Crippen LogP contribution in [-0.4, -0.2) is 65.5 Å². The molecule has 1 saturated heterocycles. The molecule has 5 nitrogen and oxygen atoms in total. The Morgan fingerprint density at radius 1 is 1.17 bits per heavy atom. The van der Waals surface area contributed by atoms with Gasteiger partial charge in [0.1, 0.15) is 0 Å². The maximum atomic E-state index is 12.5. The molecule has 24 heavy (non-hydrogen) atoms. The zero-order valence-corrected chi connectivity index (χ0v) is 15.3. The second-order valence-electron chi connectivity index (χ2n) is 6.09. The third-order valence-corrected chi connectivity index (χ3v) is 4.86. The summed E-state index contributed by atoms with van der Waals surface area (Å²) in [5, 5.41) is 0. The Bertz CT molecular complexity index is 530. The highest BCUT2D eigenvalue weighted by Gasteiger charge is 2.20. The first-order valence-electron chi connectivity index (χ1n) is 8.34. The average molecular weight is 350 g/mol. The molecule has 1 fully saturated rings. The van der Waals surface area contributed by atoms with Crippen LogP contribution in [0.3, 0.4) is 0 Å². The van der Waals surface area contributed by atoms with Crippen molar-refractivity contribution in [1.29, 1.82) is 0 Å². The molecule has 0 aliphatic carbocycles. The zero-order chi connectivity index (χ0) is 17.4. The molecule has 1 aromatic carbocycles. The van der Waals surface area contributed by atoms with E-state index in [0.29, 0.717) is 44.4 Å². The lowest BCUT2D eigenvalue weighted by Gasteiger charge is -2.28. The molecule has 0 bridgehead atoms. The highest BCUT2D eigenvalue weighted by molar-refractivity contribution is 8.00. The van der Waals surface area contributed by atoms with E-state index >= 15 is 0 Å². The third-order valence-electron chi connectivity index (χ3n) is 3.95. The summed E-state index contributed by atoms with van der Waals surface area (Å²) in [6.07, 6.45) is 0. The van der Waals surface area contributed by atoms with E-state index < -0.39 is 0 Å². The predicted molar refractivity (Wildman–Crippen MR) is 96.9 cm³/mol. The number of nitrogens with zero attached hydrogens (tertiary/aromatic N) is 2. The van der Waals surface area contributed by atoms with Gasteiger partial charge in [-0.1, -0.05) is 30.3 Å². The largest absolute Gasteiger partial charge is 0.378 e. The van der Waals surface area contributed by atoms with Crippen LogP contribution in [0.5, 0.6) is 0 Å². The summed E-state index contributed by atoms with van der Waals surface area (Å²) in [5.74, 6) is 0.855. The van der Waals surface area contributed by atoms with Gasteiger partial charge in [0.2, 0.25) is 11.8 Å². The van der Waals surface area contributed by atoms with Gasteiger partial charge in [-0.3, -0.25) is 9.59 Å². The lowest BCUT2D eigenvalue weighted by Crippen LogP contribution is -2.42. The highest BCUT2D eigenvalue weighted by Crippen LogP contribution is 2.12. The maximum absolute atomic E-state index is 12.5. The summed E-state index contributed by atoms with van der Waals surface area (Å²) >= 11 is 1.40. The van der Waals surface area contributed by atoms with Crippen molar-refractivity contribution in [3.8, 4) is 0 Å². The molecular formula is C18H26N2O3S. The van der Waals surface area contributed by atoms with Crippen LogP contribution in [0, 0.1) is 0 Å². The maximum Gasteiger partial charge on any atom is 0.233 e. The minimum absolute atomic E-state index is 0.0774. The lowest BCUT2D eigenvalue weighted by atomic mass is 10.2. The smallest absolute Gasteiger partial charge is 0.233 e. The van der Waals surface area contributed by atoms with Crippen LogP contribution >= 0.6 is 11.8 Å². The van der Waals surface area contributed by atoms with Crippen LogP contribution in [0.1, 0.15) is 19.4 Å². The predicted octanol–water partition coefficient (Wildman–Crippen LogP) is 2.02. The van der Waals surface area contributed by atoms with E-state index in [9.17, 15) is 9.59 Å². The second-order valence-corrected chi connectivity index (χ2v) is 7.07. The van der Waals surface area contributed by atoms with Gasteiger partial charge < -0.3 is 14.5 Å². The van der Waals surface area contributed by atoms with Gasteiger partial charge in [-0.05, 0) is 19.4 Å². The Morgan fingerprint density at radius 3 is 2.46 bits per heavy atom. The van der Waals surface area contributed by atoms with Crippen molar-refractivity contribution in [2.75, 3.05) is 37.8 Å². The van der Waals surface area contributed by atoms with Gasteiger partial charge in [0, 0.05) is 25.7 Å². The van der Waals surface area contributed by atoms with Gasteiger partial charge in [-0.25, -0.2) is 0 Å². The topological polar surface area (TPSA) is 49.9 Å². The van der Waals surface area contributed by atoms with Crippen molar-refractivity contribution in [3.63, 3.8) is 0 Å². The number of benzene rings is 1. The highest BCUT2D eigenvalue weighted by atomic mass is 32.2. The first kappa shape index (κ1) is 18.8. The van der Waals surface area contributed by atoms with Crippen LogP contribution in [0.2, 0.25) is 0 Å². The second kappa shape index (κ2) is 9.69. The van der Waals surface area contributed by atoms with Crippen molar-refractivity contribution in [2.45, 2.75) is 26.4 Å². The Hall–Kier alpha value is -1.53. The van der Waals surface area contributed by atoms with Gasteiger partial charge in [0.25, 0.3) is 0 Å². The van der Waals surface area contributed by atoms with E-state index in [0.717, 1.165) is 5.56 Å². The van der Waals surface area contributed by atoms with Crippen LogP contribution in [0.25, 0.3) is 0 Å². The number of morpholine rings is 1. The van der Waals surface area contributed by atoms with Crippen molar-refractivity contribution in [2.24, 2.45) is 0 Å². The molecule has 0 unspecified atom stereocenters. The summed E-state index contributed by atoms with van der Waals surface area (Å²) in [4.78, 5) is 28.3. The minimum Gasteiger partial charge on any atom is -0.378 e. The number of ether oxygens (including phenoxy) is 1. The average Bonchev–Trinajstić information content (AvgIpc) is 2.60. The summed E-state index contributed by atoms with van der Waals surface area (Å²) in [6, 6.07) is 10.1. The van der Waals surface area contributed by atoms with Gasteiger partial charge in [-0.15, -0.1) is 11.8 Å². The molecule has 1 heterocycles. The Labute approximate surface area is 148 Å². The van der Waals surface area contributed by atoms with Crippen LogP contribution in [-0.2, 0) is 20.9 Å². The summed E-state index contributed by atoms with van der Waals surface area (Å²) < 4.78 is 5.25. The third kappa shape index (κ3) is 5.83. The number of carbonyl (C=O) groups excluding carboxylic acids is 2. The van der Waals surface area contributed by atoms with Crippen LogP contribution < -0.4 is 0 Å². The number of rotatable bonds is 7. The molecule has 0 aromatic heterocycles. The molecule has 1 aliphatic heterocycles. The number of hydrogen-bond acceptors (Lipinski definition) is 4. The molecule has 0 atom stereocenters. The van der Waals surface area contributed by atoms with E-state index in [1.807, 2.05) is 54.0 Å². The number of thioether (sulfide) groups is 1. The van der Waals surface area contributed by atoms with Gasteiger partial charge in [0.15, 0.2) is 0 Å². The van der Waals surface area contributed by atoms with Crippen molar-refractivity contribution >= 4 is 23.6 Å². The fourth-order valence-electron chi connectivity index (χ4n) is 2.55. The number of hydrogen-bond donors (Lipinski definition) is 0. The fourth-order valence-corrected chi connectivity index (χ4v) is 3.35. The van der Waals surface area contributed by atoms with Gasteiger partial charge in [0.05, 0.1) is 24.7 Å². The molecule has 0 spiro atoms. The van der Waals surface area contributed by atoms with Crippen molar-refractivity contribution < 1.29 is 14.3 Å². The fraction of sp³-hybridized carbons (Fsp3) is 0.556. The van der Waals surface area contributed by atoms with E-state index in [4.69, 9.17) is 4.74 Å². The standard InChI is InChI=1S/C18H26N2O3S/c1-15(2)20(12-16-6-4-3-5-7-16)18(22)14-24-13-17(21)19-8-10-23-11-9-19/h3-7,15H,8-14H2,1-2H3. The quantitative estimate of drug-likeness (QED) is 0.755. The molecule has 2 amide bonds. The van der Waals surface area contributed by atoms with E-state index in [1.54, 1.807) is 0 Å². The first-order valence-corrected chi connectivity index (χ1v) is 9.50. The monoisotopic (exact) mass is 350 g/mol. The minimum atomic E-state index is 0.0774. The summed E-state index contributed by atoms with van der Waals surface area (Å²) in [7, 11) is 0. The number of carbonyl (C=O) groups is 2. The van der Waals surface area contributed by atoms with Crippen LogP contribution in [0.4, 0.5) is 0 Å².